The van der Waals surface area contributed by atoms with Crippen molar-refractivity contribution in [2.45, 2.75) is 64.7 Å². The van der Waals surface area contributed by atoms with Crippen molar-refractivity contribution in [3.8, 4) is 0 Å². The monoisotopic (exact) mass is 458 g/mol. The Bertz CT molecular complexity index is 850. The van der Waals surface area contributed by atoms with E-state index in [1.807, 2.05) is 18.2 Å². The fourth-order valence-corrected chi connectivity index (χ4v) is 8.51. The maximum Gasteiger partial charge on any atom is 0.252 e. The van der Waals surface area contributed by atoms with Gasteiger partial charge in [0.15, 0.2) is 0 Å². The first kappa shape index (κ1) is 22.7. The Morgan fingerprint density at radius 3 is 2.88 bits per heavy atom. The number of amides is 1. The van der Waals surface area contributed by atoms with Crippen LogP contribution in [0.1, 0.15) is 74.2 Å². The standard InChI is InChI=1S/C27H39ClN2O2/c1-2-7-30(9-10-31)8-3-4-19-5-6-24(28)23(12-19)25(32)29-18-26-14-20-11-21-13-22(16-26)27(21,15-20)17-26/h5-6,12,20-22,31H,2-4,7-11,13-18H2,1H3,(H,29,32). The predicted octanol–water partition coefficient (Wildman–Crippen LogP) is 4.92. The molecule has 0 aliphatic heterocycles. The molecule has 4 aliphatic rings. The Kier molecular flexibility index (Phi) is 6.32. The lowest BCUT2D eigenvalue weighted by molar-refractivity contribution is -0.00253. The number of rotatable bonds is 11. The van der Waals surface area contributed by atoms with Crippen LogP contribution in [-0.4, -0.2) is 48.7 Å². The molecule has 5 heteroatoms. The molecule has 4 saturated carbocycles. The molecular weight excluding hydrogens is 420 g/mol. The number of carbonyl (C=O) groups is 1. The first-order chi connectivity index (χ1) is 15.5. The largest absolute Gasteiger partial charge is 0.395 e. The fraction of sp³-hybridized carbons (Fsp3) is 0.741. The smallest absolute Gasteiger partial charge is 0.252 e. The van der Waals surface area contributed by atoms with Crippen molar-refractivity contribution >= 4 is 17.5 Å². The Labute approximate surface area is 198 Å². The van der Waals surface area contributed by atoms with Crippen molar-refractivity contribution in [1.29, 1.82) is 0 Å². The molecule has 1 aromatic rings. The Morgan fingerprint density at radius 2 is 2.06 bits per heavy atom. The number of halogens is 1. The normalized spacial score (nSPS) is 34.1. The maximum absolute atomic E-state index is 13.1. The van der Waals surface area contributed by atoms with Gasteiger partial charge in [0.1, 0.15) is 0 Å². The molecule has 1 spiro atoms. The minimum atomic E-state index is -0.00895. The summed E-state index contributed by atoms with van der Waals surface area (Å²) in [5.74, 6) is 2.82. The van der Waals surface area contributed by atoms with Crippen LogP contribution in [0.15, 0.2) is 18.2 Å². The number of aliphatic hydroxyl groups excluding tert-OH is 1. The van der Waals surface area contributed by atoms with E-state index in [9.17, 15) is 9.90 Å². The van der Waals surface area contributed by atoms with Crippen molar-refractivity contribution < 1.29 is 9.90 Å². The van der Waals surface area contributed by atoms with Gasteiger partial charge in [0, 0.05) is 13.1 Å². The van der Waals surface area contributed by atoms with E-state index in [2.05, 4.69) is 17.1 Å². The summed E-state index contributed by atoms with van der Waals surface area (Å²) in [6.45, 7) is 5.90. The van der Waals surface area contributed by atoms with Crippen molar-refractivity contribution in [2.24, 2.45) is 28.6 Å². The van der Waals surface area contributed by atoms with Crippen LogP contribution in [0.4, 0.5) is 0 Å². The third kappa shape index (κ3) is 4.01. The van der Waals surface area contributed by atoms with Gasteiger partial charge in [-0.2, -0.15) is 0 Å². The molecule has 0 aromatic heterocycles. The van der Waals surface area contributed by atoms with Gasteiger partial charge in [-0.3, -0.25) is 4.79 Å². The molecule has 176 valence electrons. The van der Waals surface area contributed by atoms with Gasteiger partial charge in [0.25, 0.3) is 5.91 Å². The van der Waals surface area contributed by atoms with Crippen LogP contribution in [0.25, 0.3) is 0 Å². The molecule has 1 aromatic carbocycles. The van der Waals surface area contributed by atoms with Gasteiger partial charge in [-0.15, -0.1) is 0 Å². The molecule has 0 saturated heterocycles. The summed E-state index contributed by atoms with van der Waals surface area (Å²) in [5, 5.41) is 13.1. The molecule has 4 nitrogen and oxygen atoms in total. The average Bonchev–Trinajstić information content (AvgIpc) is 3.08. The van der Waals surface area contributed by atoms with Crippen LogP contribution < -0.4 is 5.32 Å². The molecular formula is C27H39ClN2O2. The minimum Gasteiger partial charge on any atom is -0.395 e. The zero-order valence-corrected chi connectivity index (χ0v) is 20.3. The third-order valence-corrected chi connectivity index (χ3v) is 9.71. The second kappa shape index (κ2) is 8.92. The number of aryl methyl sites for hydroxylation is 1. The summed E-state index contributed by atoms with van der Waals surface area (Å²) in [5.41, 5.74) is 2.78. The van der Waals surface area contributed by atoms with E-state index in [1.165, 1.54) is 38.5 Å². The quantitative estimate of drug-likeness (QED) is 0.494. The molecule has 3 bridgehead atoms. The predicted molar refractivity (Wildman–Crippen MR) is 129 cm³/mol. The molecule has 5 rings (SSSR count). The number of hydrogen-bond acceptors (Lipinski definition) is 3. The number of carbonyl (C=O) groups excluding carboxylic acids is 1. The number of aliphatic hydroxyl groups is 1. The van der Waals surface area contributed by atoms with Crippen molar-refractivity contribution in [2.75, 3.05) is 32.8 Å². The molecule has 0 heterocycles. The second-order valence-corrected chi connectivity index (χ2v) is 11.8. The third-order valence-electron chi connectivity index (χ3n) is 9.38. The molecule has 32 heavy (non-hydrogen) atoms. The van der Waals surface area contributed by atoms with Crippen LogP contribution in [0, 0.1) is 28.6 Å². The van der Waals surface area contributed by atoms with Crippen molar-refractivity contribution in [3.05, 3.63) is 34.3 Å². The van der Waals surface area contributed by atoms with E-state index in [1.54, 1.807) is 0 Å². The Hall–Kier alpha value is -1.10. The van der Waals surface area contributed by atoms with Gasteiger partial charge in [-0.25, -0.2) is 0 Å². The summed E-state index contributed by atoms with van der Waals surface area (Å²) >= 11 is 6.44. The molecule has 4 fully saturated rings. The molecule has 5 atom stereocenters. The SMILES string of the molecule is CCCN(CCO)CCCc1ccc(Cl)c(C(=O)NCC23CC4CC5CC(C2)C5(C4)C3)c1. The number of hydrogen-bond donors (Lipinski definition) is 2. The number of fused-ring (bicyclic) bond motifs is 2. The van der Waals surface area contributed by atoms with Gasteiger partial charge < -0.3 is 15.3 Å². The molecule has 0 radical (unpaired) electrons. The van der Waals surface area contributed by atoms with Crippen molar-refractivity contribution in [3.63, 3.8) is 0 Å². The van der Waals surface area contributed by atoms with Crippen LogP contribution in [0.3, 0.4) is 0 Å². The van der Waals surface area contributed by atoms with E-state index >= 15 is 0 Å². The van der Waals surface area contributed by atoms with Crippen LogP contribution >= 0.6 is 11.6 Å². The highest BCUT2D eigenvalue weighted by Gasteiger charge is 2.70. The summed E-state index contributed by atoms with van der Waals surface area (Å²) in [7, 11) is 0. The average molecular weight is 459 g/mol. The summed E-state index contributed by atoms with van der Waals surface area (Å²) in [4.78, 5) is 15.4. The van der Waals surface area contributed by atoms with Crippen LogP contribution in [0.5, 0.6) is 0 Å². The van der Waals surface area contributed by atoms with E-state index in [0.717, 1.165) is 68.8 Å². The zero-order valence-electron chi connectivity index (χ0n) is 19.5. The zero-order chi connectivity index (χ0) is 22.3. The molecule has 4 aliphatic carbocycles. The fourth-order valence-electron chi connectivity index (χ4n) is 8.31. The van der Waals surface area contributed by atoms with Crippen LogP contribution in [0.2, 0.25) is 5.02 Å². The number of nitrogens with zero attached hydrogens (tertiary/aromatic N) is 1. The van der Waals surface area contributed by atoms with Gasteiger partial charge >= 0.3 is 0 Å². The lowest BCUT2D eigenvalue weighted by Gasteiger charge is -2.49. The van der Waals surface area contributed by atoms with Crippen molar-refractivity contribution in [1.82, 2.24) is 10.2 Å². The maximum atomic E-state index is 13.1. The van der Waals surface area contributed by atoms with Gasteiger partial charge in [0.2, 0.25) is 0 Å². The summed E-state index contributed by atoms with van der Waals surface area (Å²) in [6, 6.07) is 5.91. The second-order valence-electron chi connectivity index (χ2n) is 11.4. The highest BCUT2D eigenvalue weighted by atomic mass is 35.5. The van der Waals surface area contributed by atoms with E-state index in [0.29, 0.717) is 21.4 Å². The summed E-state index contributed by atoms with van der Waals surface area (Å²) in [6.07, 6.45) is 11.4. The first-order valence-electron chi connectivity index (χ1n) is 12.9. The number of benzene rings is 1. The Balaban J connectivity index is 1.17. The lowest BCUT2D eigenvalue weighted by Crippen LogP contribution is -2.43. The Morgan fingerprint density at radius 1 is 1.19 bits per heavy atom. The van der Waals surface area contributed by atoms with E-state index in [-0.39, 0.29) is 12.5 Å². The molecule has 2 N–H and O–H groups in total. The summed E-state index contributed by atoms with van der Waals surface area (Å²) < 4.78 is 0. The lowest BCUT2D eigenvalue weighted by atomic mass is 9.55. The van der Waals surface area contributed by atoms with Crippen LogP contribution in [-0.2, 0) is 6.42 Å². The first-order valence-corrected chi connectivity index (χ1v) is 13.2. The van der Waals surface area contributed by atoms with E-state index < -0.39 is 0 Å². The van der Waals surface area contributed by atoms with Gasteiger partial charge in [-0.1, -0.05) is 24.6 Å². The molecule has 1 amide bonds. The number of nitrogens with one attached hydrogen (secondary N) is 1. The van der Waals surface area contributed by atoms with Gasteiger partial charge in [0.05, 0.1) is 17.2 Å². The topological polar surface area (TPSA) is 52.6 Å². The highest BCUT2D eigenvalue weighted by molar-refractivity contribution is 6.33. The minimum absolute atomic E-state index is 0.00895. The highest BCUT2D eigenvalue weighted by Crippen LogP contribution is 2.78. The van der Waals surface area contributed by atoms with Gasteiger partial charge in [-0.05, 0) is 117 Å². The van der Waals surface area contributed by atoms with E-state index in [4.69, 9.17) is 11.6 Å². The molecule has 5 unspecified atom stereocenters.